The highest BCUT2D eigenvalue weighted by Crippen LogP contribution is 2.62. The number of hydrogen-bond acceptors (Lipinski definition) is 3. The van der Waals surface area contributed by atoms with Crippen molar-refractivity contribution >= 4 is 29.9 Å². The highest BCUT2D eigenvalue weighted by atomic mass is 127. The summed E-state index contributed by atoms with van der Waals surface area (Å²) in [5.41, 5.74) is 1.48. The highest BCUT2D eigenvalue weighted by molar-refractivity contribution is 14.0. The average molecular weight is 456 g/mol. The fourth-order valence-electron chi connectivity index (χ4n) is 4.75. The summed E-state index contributed by atoms with van der Waals surface area (Å²) in [5.74, 6) is 1.63. The summed E-state index contributed by atoms with van der Waals surface area (Å²) in [6.07, 6.45) is 8.37. The molecule has 25 heavy (non-hydrogen) atoms. The van der Waals surface area contributed by atoms with Crippen molar-refractivity contribution in [1.29, 1.82) is 0 Å². The van der Waals surface area contributed by atoms with Crippen molar-refractivity contribution in [3.8, 4) is 0 Å². The van der Waals surface area contributed by atoms with Crippen LogP contribution in [0.4, 0.5) is 0 Å². The summed E-state index contributed by atoms with van der Waals surface area (Å²) >= 11 is 0. The molecule has 1 aliphatic heterocycles. The lowest BCUT2D eigenvalue weighted by molar-refractivity contribution is -0.171. The topological polar surface area (TPSA) is 58.5 Å². The molecule has 6 heteroatoms. The van der Waals surface area contributed by atoms with Gasteiger partial charge in [0, 0.05) is 55.4 Å². The Hall–Kier alpha value is -0.890. The number of fused-ring (bicyclic) bond motifs is 2. The van der Waals surface area contributed by atoms with E-state index in [9.17, 15) is 0 Å². The van der Waals surface area contributed by atoms with Crippen molar-refractivity contribution in [2.75, 3.05) is 19.7 Å². The fourth-order valence-corrected chi connectivity index (χ4v) is 4.75. The maximum absolute atomic E-state index is 6.01. The maximum Gasteiger partial charge on any atom is 0.191 e. The molecule has 2 saturated carbocycles. The third-order valence-electron chi connectivity index (χ3n) is 6.04. The van der Waals surface area contributed by atoms with E-state index < -0.39 is 0 Å². The second-order valence-electron chi connectivity index (χ2n) is 7.28. The Labute approximate surface area is 167 Å². The number of ether oxygens (including phenoxy) is 1. The van der Waals surface area contributed by atoms with Gasteiger partial charge < -0.3 is 15.4 Å². The molecule has 3 fully saturated rings. The van der Waals surface area contributed by atoms with Crippen molar-refractivity contribution in [3.05, 3.63) is 30.1 Å². The van der Waals surface area contributed by atoms with Gasteiger partial charge in [-0.25, -0.2) is 0 Å². The zero-order valence-corrected chi connectivity index (χ0v) is 17.2. The molecular weight excluding hydrogens is 427 g/mol. The molecule has 3 aliphatic rings. The molecular formula is C19H29IN4O. The van der Waals surface area contributed by atoms with Crippen LogP contribution in [0.5, 0.6) is 0 Å². The first kappa shape index (κ1) is 18.9. The van der Waals surface area contributed by atoms with E-state index in [1.807, 2.05) is 18.3 Å². The standard InChI is InChI=1S/C19H28N4O.HI/c1-2-20-18(22-12-7-14-6-3-4-11-21-14)23-16-15-8-13-24-17(15)19(16)9-5-10-19;/h3-4,6,11,15-17H,2,5,7-10,12-13H2,1H3,(H2,20,22,23);1H. The van der Waals surface area contributed by atoms with Gasteiger partial charge in [-0.15, -0.1) is 24.0 Å². The van der Waals surface area contributed by atoms with Crippen LogP contribution in [0.1, 0.15) is 38.3 Å². The second kappa shape index (κ2) is 8.20. The third-order valence-corrected chi connectivity index (χ3v) is 6.04. The van der Waals surface area contributed by atoms with Crippen molar-refractivity contribution < 1.29 is 4.74 Å². The van der Waals surface area contributed by atoms with Crippen LogP contribution >= 0.6 is 24.0 Å². The number of aromatic nitrogens is 1. The number of nitrogens with zero attached hydrogens (tertiary/aromatic N) is 2. The van der Waals surface area contributed by atoms with Crippen molar-refractivity contribution in [1.82, 2.24) is 15.6 Å². The molecule has 1 saturated heterocycles. The molecule has 3 unspecified atom stereocenters. The first-order valence-electron chi connectivity index (χ1n) is 9.40. The van der Waals surface area contributed by atoms with E-state index in [-0.39, 0.29) is 24.0 Å². The van der Waals surface area contributed by atoms with E-state index in [2.05, 4.69) is 28.6 Å². The minimum absolute atomic E-state index is 0. The first-order valence-corrected chi connectivity index (χ1v) is 9.40. The van der Waals surface area contributed by atoms with Crippen LogP contribution in [0.2, 0.25) is 0 Å². The summed E-state index contributed by atoms with van der Waals surface area (Å²) in [6.45, 7) is 4.70. The molecule has 2 heterocycles. The van der Waals surface area contributed by atoms with Gasteiger partial charge in [0.15, 0.2) is 5.96 Å². The number of nitrogens with one attached hydrogen (secondary N) is 2. The van der Waals surface area contributed by atoms with Crippen LogP contribution in [-0.4, -0.2) is 42.8 Å². The molecule has 2 aliphatic carbocycles. The van der Waals surface area contributed by atoms with Gasteiger partial charge >= 0.3 is 0 Å². The summed E-state index contributed by atoms with van der Waals surface area (Å²) in [4.78, 5) is 9.15. The monoisotopic (exact) mass is 456 g/mol. The van der Waals surface area contributed by atoms with E-state index in [4.69, 9.17) is 9.73 Å². The Balaban J connectivity index is 0.00000182. The molecule has 1 aromatic heterocycles. The van der Waals surface area contributed by atoms with Gasteiger partial charge in [-0.3, -0.25) is 9.98 Å². The van der Waals surface area contributed by atoms with Crippen LogP contribution in [0.25, 0.3) is 0 Å². The van der Waals surface area contributed by atoms with Gasteiger partial charge in [0.1, 0.15) is 0 Å². The van der Waals surface area contributed by atoms with Crippen LogP contribution in [0.15, 0.2) is 29.4 Å². The van der Waals surface area contributed by atoms with E-state index in [1.165, 1.54) is 25.7 Å². The van der Waals surface area contributed by atoms with Gasteiger partial charge in [0.05, 0.1) is 6.10 Å². The van der Waals surface area contributed by atoms with E-state index in [0.29, 0.717) is 23.5 Å². The zero-order valence-electron chi connectivity index (χ0n) is 14.9. The summed E-state index contributed by atoms with van der Waals surface area (Å²) in [5, 5.41) is 7.15. The molecule has 0 radical (unpaired) electrons. The molecule has 1 aromatic rings. The predicted molar refractivity (Wildman–Crippen MR) is 110 cm³/mol. The van der Waals surface area contributed by atoms with Gasteiger partial charge in [-0.2, -0.15) is 0 Å². The van der Waals surface area contributed by atoms with Crippen LogP contribution in [0, 0.1) is 11.3 Å². The summed E-state index contributed by atoms with van der Waals surface area (Å²) in [6, 6.07) is 6.58. The first-order chi connectivity index (χ1) is 11.8. The lowest BCUT2D eigenvalue weighted by atomic mass is 9.46. The van der Waals surface area contributed by atoms with Gasteiger partial charge in [0.2, 0.25) is 0 Å². The van der Waals surface area contributed by atoms with Gasteiger partial charge in [0.25, 0.3) is 0 Å². The number of pyridine rings is 1. The SMILES string of the molecule is CCNC(=NCCc1ccccn1)NC1C2CCOC2C12CCC2.I. The van der Waals surface area contributed by atoms with Crippen LogP contribution in [0.3, 0.4) is 0 Å². The van der Waals surface area contributed by atoms with Gasteiger partial charge in [-0.05, 0) is 38.3 Å². The summed E-state index contributed by atoms with van der Waals surface area (Å²) < 4.78 is 6.01. The average Bonchev–Trinajstić information content (AvgIpc) is 2.97. The Kier molecular flexibility index (Phi) is 6.20. The lowest BCUT2D eigenvalue weighted by Gasteiger charge is -2.63. The minimum Gasteiger partial charge on any atom is -0.377 e. The van der Waals surface area contributed by atoms with E-state index >= 15 is 0 Å². The molecule has 0 bridgehead atoms. The molecule has 0 aromatic carbocycles. The number of rotatable bonds is 5. The second-order valence-corrected chi connectivity index (χ2v) is 7.28. The molecule has 3 atom stereocenters. The maximum atomic E-state index is 6.01. The lowest BCUT2D eigenvalue weighted by Crippen LogP contribution is -2.72. The van der Waals surface area contributed by atoms with Crippen LogP contribution in [-0.2, 0) is 11.2 Å². The molecule has 4 rings (SSSR count). The third kappa shape index (κ3) is 3.52. The van der Waals surface area contributed by atoms with Crippen molar-refractivity contribution in [2.45, 2.75) is 51.2 Å². The number of halogens is 1. The van der Waals surface area contributed by atoms with E-state index in [1.54, 1.807) is 0 Å². The zero-order chi connectivity index (χ0) is 16.4. The fraction of sp³-hybridized carbons (Fsp3) is 0.684. The Bertz CT molecular complexity index is 590. The summed E-state index contributed by atoms with van der Waals surface area (Å²) in [7, 11) is 0. The van der Waals surface area contributed by atoms with Crippen molar-refractivity contribution in [2.24, 2.45) is 16.3 Å². The predicted octanol–water partition coefficient (Wildman–Crippen LogP) is 2.75. The largest absolute Gasteiger partial charge is 0.377 e. The highest BCUT2D eigenvalue weighted by Gasteiger charge is 2.66. The molecule has 5 nitrogen and oxygen atoms in total. The van der Waals surface area contributed by atoms with Crippen LogP contribution < -0.4 is 10.6 Å². The van der Waals surface area contributed by atoms with Crippen molar-refractivity contribution in [3.63, 3.8) is 0 Å². The molecule has 138 valence electrons. The van der Waals surface area contributed by atoms with Gasteiger partial charge in [-0.1, -0.05) is 12.5 Å². The Morgan fingerprint density at radius 3 is 2.96 bits per heavy atom. The Morgan fingerprint density at radius 1 is 1.40 bits per heavy atom. The number of guanidine groups is 1. The number of hydrogen-bond donors (Lipinski definition) is 2. The normalized spacial score (nSPS) is 29.2. The smallest absolute Gasteiger partial charge is 0.191 e. The minimum atomic E-state index is 0. The quantitative estimate of drug-likeness (QED) is 0.407. The molecule has 2 N–H and O–H groups in total. The van der Waals surface area contributed by atoms with E-state index in [0.717, 1.165) is 37.8 Å². The number of aliphatic imine (C=N–C) groups is 1. The Morgan fingerprint density at radius 2 is 2.28 bits per heavy atom. The molecule has 1 spiro atoms. The molecule has 0 amide bonds.